The first-order valence-electron chi connectivity index (χ1n) is 6.20. The van der Waals surface area contributed by atoms with Crippen molar-refractivity contribution in [3.63, 3.8) is 0 Å². The number of amides is 2. The number of carbonyl (C=O) groups excluding carboxylic acids is 2. The maximum atomic E-state index is 12.4. The minimum absolute atomic E-state index is 0.000509. The summed E-state index contributed by atoms with van der Waals surface area (Å²) in [5, 5.41) is 2.79. The van der Waals surface area contributed by atoms with Crippen LogP contribution in [-0.2, 0) is 14.3 Å². The van der Waals surface area contributed by atoms with Gasteiger partial charge in [0, 0.05) is 6.61 Å². The summed E-state index contributed by atoms with van der Waals surface area (Å²) >= 11 is 0. The molecule has 5 nitrogen and oxygen atoms in total. The van der Waals surface area contributed by atoms with E-state index in [9.17, 15) is 9.59 Å². The molecule has 0 radical (unpaired) electrons. The summed E-state index contributed by atoms with van der Waals surface area (Å²) in [5.74, 6) is -0.0524. The third-order valence-electron chi connectivity index (χ3n) is 3.53. The zero-order valence-electron chi connectivity index (χ0n) is 10.7. The van der Waals surface area contributed by atoms with Crippen molar-refractivity contribution in [2.45, 2.75) is 51.2 Å². The van der Waals surface area contributed by atoms with E-state index in [-0.39, 0.29) is 23.9 Å². The molecule has 17 heavy (non-hydrogen) atoms. The van der Waals surface area contributed by atoms with Gasteiger partial charge in [0.25, 0.3) is 0 Å². The number of hydrogen-bond acceptors (Lipinski definition) is 3. The van der Waals surface area contributed by atoms with Crippen LogP contribution in [-0.4, -0.2) is 47.6 Å². The quantitative estimate of drug-likeness (QED) is 0.755. The van der Waals surface area contributed by atoms with Crippen molar-refractivity contribution in [1.29, 1.82) is 0 Å². The summed E-state index contributed by atoms with van der Waals surface area (Å²) in [4.78, 5) is 26.2. The molecule has 2 unspecified atom stereocenters. The fraction of sp³-hybridized carbons (Fsp3) is 0.833. The summed E-state index contributed by atoms with van der Waals surface area (Å²) in [6.45, 7) is 6.65. The van der Waals surface area contributed by atoms with Crippen molar-refractivity contribution in [3.8, 4) is 0 Å². The molecule has 2 saturated heterocycles. The zero-order chi connectivity index (χ0) is 12.6. The maximum Gasteiger partial charge on any atom is 0.248 e. The maximum absolute atomic E-state index is 12.4. The van der Waals surface area contributed by atoms with Gasteiger partial charge in [-0.3, -0.25) is 9.59 Å². The van der Waals surface area contributed by atoms with Gasteiger partial charge in [0.05, 0.1) is 12.6 Å². The van der Waals surface area contributed by atoms with Gasteiger partial charge in [-0.25, -0.2) is 0 Å². The van der Waals surface area contributed by atoms with E-state index >= 15 is 0 Å². The van der Waals surface area contributed by atoms with Crippen LogP contribution in [0.15, 0.2) is 0 Å². The predicted octanol–water partition coefficient (Wildman–Crippen LogP) is 0.291. The van der Waals surface area contributed by atoms with Gasteiger partial charge in [0.15, 0.2) is 0 Å². The first-order chi connectivity index (χ1) is 7.97. The molecule has 2 amide bonds. The highest BCUT2D eigenvalue weighted by Gasteiger charge is 2.47. The molecule has 0 aromatic heterocycles. The van der Waals surface area contributed by atoms with Gasteiger partial charge >= 0.3 is 0 Å². The monoisotopic (exact) mass is 240 g/mol. The average Bonchev–Trinajstić information content (AvgIpc) is 2.75. The van der Waals surface area contributed by atoms with Gasteiger partial charge in [-0.2, -0.15) is 0 Å². The second-order valence-corrected chi connectivity index (χ2v) is 5.27. The van der Waals surface area contributed by atoms with Gasteiger partial charge < -0.3 is 15.0 Å². The van der Waals surface area contributed by atoms with Crippen molar-refractivity contribution < 1.29 is 14.3 Å². The fourth-order valence-corrected chi connectivity index (χ4v) is 2.58. The lowest BCUT2D eigenvalue weighted by atomic mass is 9.93. The summed E-state index contributed by atoms with van der Waals surface area (Å²) in [7, 11) is 0. The first-order valence-corrected chi connectivity index (χ1v) is 6.20. The van der Waals surface area contributed by atoms with Crippen LogP contribution in [0.1, 0.15) is 33.6 Å². The molecule has 2 aliphatic rings. The minimum atomic E-state index is -0.800. The van der Waals surface area contributed by atoms with Gasteiger partial charge in [0.2, 0.25) is 11.8 Å². The van der Waals surface area contributed by atoms with Gasteiger partial charge in [0.1, 0.15) is 11.6 Å². The molecule has 0 spiro atoms. The lowest BCUT2D eigenvalue weighted by Gasteiger charge is -2.45. The van der Waals surface area contributed by atoms with E-state index in [0.29, 0.717) is 19.6 Å². The van der Waals surface area contributed by atoms with Crippen LogP contribution >= 0.6 is 0 Å². The minimum Gasteiger partial charge on any atom is -0.379 e. The van der Waals surface area contributed by atoms with Crippen molar-refractivity contribution in [2.75, 3.05) is 13.2 Å². The molecule has 2 heterocycles. The molecule has 2 rings (SSSR count). The molecule has 1 N–H and O–H groups in total. The Balaban J connectivity index is 2.28. The van der Waals surface area contributed by atoms with Crippen LogP contribution in [0.4, 0.5) is 0 Å². The van der Waals surface area contributed by atoms with E-state index in [0.717, 1.165) is 6.42 Å². The molecule has 0 aliphatic carbocycles. The predicted molar refractivity (Wildman–Crippen MR) is 62.4 cm³/mol. The number of rotatable bonds is 2. The zero-order valence-corrected chi connectivity index (χ0v) is 10.7. The Bertz CT molecular complexity index is 335. The molecular formula is C12H20N2O3. The van der Waals surface area contributed by atoms with Crippen molar-refractivity contribution in [1.82, 2.24) is 10.2 Å². The van der Waals surface area contributed by atoms with Gasteiger partial charge in [-0.15, -0.1) is 0 Å². The van der Waals surface area contributed by atoms with Gasteiger partial charge in [-0.1, -0.05) is 6.92 Å². The van der Waals surface area contributed by atoms with Crippen molar-refractivity contribution in [2.24, 2.45) is 0 Å². The average molecular weight is 240 g/mol. The summed E-state index contributed by atoms with van der Waals surface area (Å²) in [5.41, 5.74) is -0.800. The summed E-state index contributed by atoms with van der Waals surface area (Å²) in [6, 6.07) is -0.292. The van der Waals surface area contributed by atoms with E-state index in [1.807, 2.05) is 6.92 Å². The van der Waals surface area contributed by atoms with Crippen LogP contribution in [0.3, 0.4) is 0 Å². The molecule has 96 valence electrons. The third kappa shape index (κ3) is 2.04. The van der Waals surface area contributed by atoms with E-state index in [1.165, 1.54) is 0 Å². The van der Waals surface area contributed by atoms with Crippen molar-refractivity contribution >= 4 is 11.8 Å². The van der Waals surface area contributed by atoms with Crippen LogP contribution < -0.4 is 5.32 Å². The Morgan fingerprint density at radius 3 is 2.71 bits per heavy atom. The Morgan fingerprint density at radius 1 is 1.47 bits per heavy atom. The summed E-state index contributed by atoms with van der Waals surface area (Å²) < 4.78 is 5.33. The molecular weight excluding hydrogens is 220 g/mol. The molecule has 2 fully saturated rings. The highest BCUT2D eigenvalue weighted by Crippen LogP contribution is 2.25. The van der Waals surface area contributed by atoms with Crippen molar-refractivity contribution in [3.05, 3.63) is 0 Å². The normalized spacial score (nSPS) is 32.8. The molecule has 2 atom stereocenters. The largest absolute Gasteiger partial charge is 0.379 e. The first kappa shape index (κ1) is 12.4. The molecule has 0 aromatic rings. The van der Waals surface area contributed by atoms with E-state index in [1.54, 1.807) is 18.7 Å². The Kier molecular flexibility index (Phi) is 3.12. The number of nitrogens with zero attached hydrogens (tertiary/aromatic N) is 1. The number of carbonyl (C=O) groups is 2. The highest BCUT2D eigenvalue weighted by molar-refractivity contribution is 5.99. The van der Waals surface area contributed by atoms with Gasteiger partial charge in [-0.05, 0) is 26.7 Å². The highest BCUT2D eigenvalue weighted by atomic mass is 16.5. The molecule has 0 aromatic carbocycles. The third-order valence-corrected chi connectivity index (χ3v) is 3.53. The Morgan fingerprint density at radius 2 is 2.18 bits per heavy atom. The smallest absolute Gasteiger partial charge is 0.248 e. The topological polar surface area (TPSA) is 58.6 Å². The molecule has 2 aliphatic heterocycles. The van der Waals surface area contributed by atoms with E-state index in [4.69, 9.17) is 4.74 Å². The SMILES string of the molecule is CCC1C(=O)NC(C)(C)C(=O)N1C1CCOC1. The number of hydrogen-bond donors (Lipinski definition) is 1. The Labute approximate surface area is 101 Å². The second-order valence-electron chi connectivity index (χ2n) is 5.27. The second kappa shape index (κ2) is 4.29. The van der Waals surface area contributed by atoms with Crippen LogP contribution in [0.2, 0.25) is 0 Å². The lowest BCUT2D eigenvalue weighted by molar-refractivity contribution is -0.156. The number of piperazine rings is 1. The van der Waals surface area contributed by atoms with Crippen LogP contribution in [0.25, 0.3) is 0 Å². The van der Waals surface area contributed by atoms with Crippen LogP contribution in [0, 0.1) is 0 Å². The summed E-state index contributed by atoms with van der Waals surface area (Å²) in [6.07, 6.45) is 1.47. The van der Waals surface area contributed by atoms with Crippen LogP contribution in [0.5, 0.6) is 0 Å². The van der Waals surface area contributed by atoms with E-state index in [2.05, 4.69) is 5.32 Å². The lowest BCUT2D eigenvalue weighted by Crippen LogP contribution is -2.70. The number of ether oxygens (including phenoxy) is 1. The Hall–Kier alpha value is -1.10. The van der Waals surface area contributed by atoms with E-state index < -0.39 is 5.54 Å². The molecule has 5 heteroatoms. The molecule has 0 bridgehead atoms. The number of nitrogens with one attached hydrogen (secondary N) is 1. The fourth-order valence-electron chi connectivity index (χ4n) is 2.58. The molecule has 0 saturated carbocycles. The standard InChI is InChI=1S/C12H20N2O3/c1-4-9-10(15)13-12(2,3)11(16)14(9)8-5-6-17-7-8/h8-9H,4-7H2,1-3H3,(H,13,15).